The summed E-state index contributed by atoms with van der Waals surface area (Å²) in [5.41, 5.74) is 6.22. The highest BCUT2D eigenvalue weighted by Crippen LogP contribution is 2.48. The molecule has 1 amide bonds. The minimum absolute atomic E-state index is 0.111. The van der Waals surface area contributed by atoms with E-state index in [0.717, 1.165) is 34.4 Å². The van der Waals surface area contributed by atoms with Crippen LogP contribution in [-0.2, 0) is 26.6 Å². The molecular formula is C21H23NO3. The molecule has 4 nitrogen and oxygen atoms in total. The lowest BCUT2D eigenvalue weighted by Gasteiger charge is -2.33. The number of amides is 1. The highest BCUT2D eigenvalue weighted by molar-refractivity contribution is 6.07. The molecule has 2 aromatic rings. The molecule has 0 saturated carbocycles. The van der Waals surface area contributed by atoms with E-state index in [1.54, 1.807) is 0 Å². The Morgan fingerprint density at radius 1 is 0.960 bits per heavy atom. The highest BCUT2D eigenvalue weighted by atomic mass is 16.7. The molecule has 4 rings (SSSR count). The molecule has 1 saturated heterocycles. The Labute approximate surface area is 148 Å². The van der Waals surface area contributed by atoms with Crippen molar-refractivity contribution in [1.29, 1.82) is 0 Å². The standard InChI is InChI=1S/C21H23NO3/c1-14-5-9-17(10-6-14)13-22-19-16(3)8-7-15(2)18(19)21(20(22)23)24-11-4-12-25-21/h5-10H,4,11-13H2,1-3H3. The van der Waals surface area contributed by atoms with E-state index in [9.17, 15) is 4.79 Å². The second-order valence-electron chi connectivity index (χ2n) is 6.97. The van der Waals surface area contributed by atoms with Crippen LogP contribution in [0.3, 0.4) is 0 Å². The van der Waals surface area contributed by atoms with Gasteiger partial charge in [0.1, 0.15) is 0 Å². The van der Waals surface area contributed by atoms with Crippen LogP contribution in [0.25, 0.3) is 0 Å². The number of carbonyl (C=O) groups excluding carboxylic acids is 1. The quantitative estimate of drug-likeness (QED) is 0.838. The topological polar surface area (TPSA) is 38.8 Å². The molecule has 130 valence electrons. The van der Waals surface area contributed by atoms with Gasteiger partial charge in [-0.3, -0.25) is 4.79 Å². The third-order valence-corrected chi connectivity index (χ3v) is 5.07. The van der Waals surface area contributed by atoms with Crippen molar-refractivity contribution in [2.45, 2.75) is 39.5 Å². The van der Waals surface area contributed by atoms with Gasteiger partial charge in [-0.05, 0) is 43.9 Å². The molecular weight excluding hydrogens is 314 g/mol. The molecule has 0 unspecified atom stereocenters. The zero-order chi connectivity index (χ0) is 17.6. The van der Waals surface area contributed by atoms with E-state index < -0.39 is 5.79 Å². The van der Waals surface area contributed by atoms with E-state index in [1.165, 1.54) is 5.56 Å². The van der Waals surface area contributed by atoms with Crippen molar-refractivity contribution in [3.8, 4) is 0 Å². The number of hydrogen-bond acceptors (Lipinski definition) is 3. The molecule has 2 heterocycles. The number of anilines is 1. The predicted octanol–water partition coefficient (Wildman–Crippen LogP) is 3.75. The number of fused-ring (bicyclic) bond motifs is 2. The summed E-state index contributed by atoms with van der Waals surface area (Å²) in [5, 5.41) is 0. The summed E-state index contributed by atoms with van der Waals surface area (Å²) in [5.74, 6) is -1.38. The van der Waals surface area contributed by atoms with Crippen molar-refractivity contribution in [3.63, 3.8) is 0 Å². The highest BCUT2D eigenvalue weighted by Gasteiger charge is 2.56. The fourth-order valence-corrected chi connectivity index (χ4v) is 3.77. The number of carbonyl (C=O) groups is 1. The van der Waals surface area contributed by atoms with Gasteiger partial charge in [-0.2, -0.15) is 0 Å². The minimum Gasteiger partial charge on any atom is -0.338 e. The van der Waals surface area contributed by atoms with Crippen LogP contribution in [0.1, 0.15) is 34.2 Å². The Morgan fingerprint density at radius 2 is 1.60 bits per heavy atom. The summed E-state index contributed by atoms with van der Waals surface area (Å²) in [4.78, 5) is 15.2. The normalized spacial score (nSPS) is 18.7. The molecule has 0 bridgehead atoms. The van der Waals surface area contributed by atoms with Gasteiger partial charge >= 0.3 is 0 Å². The smallest absolute Gasteiger partial charge is 0.292 e. The number of ether oxygens (including phenoxy) is 2. The molecule has 0 atom stereocenters. The number of aryl methyl sites for hydroxylation is 3. The fraction of sp³-hybridized carbons (Fsp3) is 0.381. The largest absolute Gasteiger partial charge is 0.338 e. The lowest BCUT2D eigenvalue weighted by atomic mass is 9.97. The predicted molar refractivity (Wildman–Crippen MR) is 96.5 cm³/mol. The Hall–Kier alpha value is -2.17. The summed E-state index contributed by atoms with van der Waals surface area (Å²) in [7, 11) is 0. The molecule has 1 spiro atoms. The van der Waals surface area contributed by atoms with E-state index in [4.69, 9.17) is 9.47 Å². The van der Waals surface area contributed by atoms with Crippen molar-refractivity contribution in [1.82, 2.24) is 0 Å². The van der Waals surface area contributed by atoms with E-state index in [-0.39, 0.29) is 5.91 Å². The monoisotopic (exact) mass is 337 g/mol. The third kappa shape index (κ3) is 2.48. The first-order chi connectivity index (χ1) is 12.0. The second-order valence-corrected chi connectivity index (χ2v) is 6.97. The molecule has 0 radical (unpaired) electrons. The lowest BCUT2D eigenvalue weighted by molar-refractivity contribution is -0.257. The number of benzene rings is 2. The molecule has 2 aromatic carbocycles. The Kier molecular flexibility index (Phi) is 3.89. The Bertz CT molecular complexity index is 820. The summed E-state index contributed by atoms with van der Waals surface area (Å²) >= 11 is 0. The van der Waals surface area contributed by atoms with Gasteiger partial charge in [-0.1, -0.05) is 42.0 Å². The molecule has 2 aliphatic heterocycles. The van der Waals surface area contributed by atoms with Crippen LogP contribution in [0.2, 0.25) is 0 Å². The third-order valence-electron chi connectivity index (χ3n) is 5.07. The first-order valence-corrected chi connectivity index (χ1v) is 8.79. The van der Waals surface area contributed by atoms with Gasteiger partial charge in [-0.15, -0.1) is 0 Å². The molecule has 4 heteroatoms. The van der Waals surface area contributed by atoms with E-state index >= 15 is 0 Å². The van der Waals surface area contributed by atoms with Gasteiger partial charge in [-0.25, -0.2) is 0 Å². The Morgan fingerprint density at radius 3 is 2.28 bits per heavy atom. The lowest BCUT2D eigenvalue weighted by Crippen LogP contribution is -2.47. The zero-order valence-electron chi connectivity index (χ0n) is 15.0. The average Bonchev–Trinajstić information content (AvgIpc) is 2.85. The van der Waals surface area contributed by atoms with Gasteiger partial charge < -0.3 is 14.4 Å². The molecule has 0 aliphatic carbocycles. The maximum atomic E-state index is 13.4. The van der Waals surface area contributed by atoms with Crippen molar-refractivity contribution in [2.24, 2.45) is 0 Å². The van der Waals surface area contributed by atoms with Crippen LogP contribution in [0.5, 0.6) is 0 Å². The van der Waals surface area contributed by atoms with Crippen LogP contribution in [0, 0.1) is 20.8 Å². The maximum absolute atomic E-state index is 13.4. The van der Waals surface area contributed by atoms with E-state index in [2.05, 4.69) is 37.3 Å². The van der Waals surface area contributed by atoms with E-state index in [0.29, 0.717) is 19.8 Å². The first kappa shape index (κ1) is 16.3. The molecule has 2 aliphatic rings. The first-order valence-electron chi connectivity index (χ1n) is 8.79. The summed E-state index contributed by atoms with van der Waals surface area (Å²) < 4.78 is 11.9. The Balaban J connectivity index is 1.82. The summed E-state index contributed by atoms with van der Waals surface area (Å²) in [6.07, 6.45) is 0.813. The van der Waals surface area contributed by atoms with Gasteiger partial charge in [0, 0.05) is 5.56 Å². The molecule has 1 fully saturated rings. The minimum atomic E-state index is -1.27. The SMILES string of the molecule is Cc1ccc(CN2C(=O)C3(OCCCO3)c3c(C)ccc(C)c32)cc1. The van der Waals surface area contributed by atoms with E-state index in [1.807, 2.05) is 24.8 Å². The van der Waals surface area contributed by atoms with Gasteiger partial charge in [0.15, 0.2) is 0 Å². The maximum Gasteiger partial charge on any atom is 0.292 e. The molecule has 0 aromatic heterocycles. The van der Waals surface area contributed by atoms with Crippen LogP contribution < -0.4 is 4.90 Å². The van der Waals surface area contributed by atoms with Gasteiger partial charge in [0.2, 0.25) is 0 Å². The second kappa shape index (κ2) is 5.97. The fourth-order valence-electron chi connectivity index (χ4n) is 3.77. The summed E-state index contributed by atoms with van der Waals surface area (Å²) in [6.45, 7) is 7.71. The summed E-state index contributed by atoms with van der Waals surface area (Å²) in [6, 6.07) is 12.4. The van der Waals surface area contributed by atoms with Crippen molar-refractivity contribution in [3.05, 3.63) is 64.2 Å². The zero-order valence-corrected chi connectivity index (χ0v) is 15.0. The van der Waals surface area contributed by atoms with Crippen molar-refractivity contribution < 1.29 is 14.3 Å². The van der Waals surface area contributed by atoms with Crippen LogP contribution in [0.4, 0.5) is 5.69 Å². The number of rotatable bonds is 2. The average molecular weight is 337 g/mol. The molecule has 0 N–H and O–H groups in total. The van der Waals surface area contributed by atoms with Gasteiger partial charge in [0.05, 0.1) is 25.4 Å². The van der Waals surface area contributed by atoms with Crippen molar-refractivity contribution in [2.75, 3.05) is 18.1 Å². The van der Waals surface area contributed by atoms with Crippen molar-refractivity contribution >= 4 is 11.6 Å². The number of nitrogens with zero attached hydrogens (tertiary/aromatic N) is 1. The van der Waals surface area contributed by atoms with Crippen LogP contribution in [0.15, 0.2) is 36.4 Å². The number of hydrogen-bond donors (Lipinski definition) is 0. The van der Waals surface area contributed by atoms with Gasteiger partial charge in [0.25, 0.3) is 11.7 Å². The van der Waals surface area contributed by atoms with Crippen LogP contribution >= 0.6 is 0 Å². The molecule has 25 heavy (non-hydrogen) atoms. The van der Waals surface area contributed by atoms with Crippen LogP contribution in [-0.4, -0.2) is 19.1 Å².